The first-order valence-electron chi connectivity index (χ1n) is 7.41. The van der Waals surface area contributed by atoms with Gasteiger partial charge in [-0.25, -0.2) is 8.42 Å². The zero-order chi connectivity index (χ0) is 16.2. The van der Waals surface area contributed by atoms with Crippen molar-refractivity contribution in [3.8, 4) is 5.75 Å². The molecule has 1 saturated heterocycles. The maximum absolute atomic E-state index is 12.7. The lowest BCUT2D eigenvalue weighted by molar-refractivity contribution is -0.130. The molecule has 0 spiro atoms. The van der Waals surface area contributed by atoms with Crippen molar-refractivity contribution in [2.75, 3.05) is 33.3 Å². The van der Waals surface area contributed by atoms with Crippen LogP contribution in [0.1, 0.15) is 19.8 Å². The summed E-state index contributed by atoms with van der Waals surface area (Å²) < 4.78 is 31.8. The van der Waals surface area contributed by atoms with E-state index in [4.69, 9.17) is 4.74 Å². The molecule has 1 amide bonds. The third-order valence-electron chi connectivity index (χ3n) is 3.81. The monoisotopic (exact) mass is 326 g/mol. The Hall–Kier alpha value is -1.60. The molecule has 1 fully saturated rings. The van der Waals surface area contributed by atoms with E-state index in [0.29, 0.717) is 44.8 Å². The number of benzene rings is 1. The van der Waals surface area contributed by atoms with Crippen LogP contribution in [0.15, 0.2) is 29.2 Å². The molecule has 122 valence electrons. The highest BCUT2D eigenvalue weighted by molar-refractivity contribution is 7.89. The number of hydrogen-bond acceptors (Lipinski definition) is 4. The average Bonchev–Trinajstić information content (AvgIpc) is 2.80. The Labute approximate surface area is 131 Å². The first-order valence-corrected chi connectivity index (χ1v) is 8.85. The quantitative estimate of drug-likeness (QED) is 0.837. The second-order valence-electron chi connectivity index (χ2n) is 5.17. The minimum Gasteiger partial charge on any atom is -0.497 e. The summed E-state index contributed by atoms with van der Waals surface area (Å²) in [5.41, 5.74) is 0. The molecule has 1 heterocycles. The molecule has 1 aliphatic rings. The van der Waals surface area contributed by atoms with Crippen LogP contribution in [0.3, 0.4) is 0 Å². The fourth-order valence-electron chi connectivity index (χ4n) is 2.50. The molecule has 0 bridgehead atoms. The minimum atomic E-state index is -3.53. The van der Waals surface area contributed by atoms with Crippen molar-refractivity contribution >= 4 is 15.9 Å². The fourth-order valence-corrected chi connectivity index (χ4v) is 3.97. The molecule has 0 saturated carbocycles. The van der Waals surface area contributed by atoms with E-state index >= 15 is 0 Å². The average molecular weight is 326 g/mol. The molecular formula is C15H22N2O4S. The second-order valence-corrected chi connectivity index (χ2v) is 7.11. The van der Waals surface area contributed by atoms with Crippen LogP contribution in [-0.2, 0) is 14.8 Å². The van der Waals surface area contributed by atoms with Gasteiger partial charge in [-0.15, -0.1) is 0 Å². The summed E-state index contributed by atoms with van der Waals surface area (Å²) in [6.45, 7) is 3.64. The molecule has 0 aromatic heterocycles. The van der Waals surface area contributed by atoms with Crippen molar-refractivity contribution in [2.24, 2.45) is 0 Å². The Morgan fingerprint density at radius 3 is 2.41 bits per heavy atom. The van der Waals surface area contributed by atoms with Crippen LogP contribution >= 0.6 is 0 Å². The van der Waals surface area contributed by atoms with Crippen molar-refractivity contribution in [3.05, 3.63) is 24.3 Å². The smallest absolute Gasteiger partial charge is 0.243 e. The first-order chi connectivity index (χ1) is 10.5. The molecule has 1 aromatic carbocycles. The van der Waals surface area contributed by atoms with Gasteiger partial charge in [0.1, 0.15) is 5.75 Å². The third kappa shape index (κ3) is 3.59. The summed E-state index contributed by atoms with van der Waals surface area (Å²) in [4.78, 5) is 13.8. The van der Waals surface area contributed by atoms with Gasteiger partial charge in [-0.2, -0.15) is 4.31 Å². The molecule has 6 nitrogen and oxygen atoms in total. The van der Waals surface area contributed by atoms with Gasteiger partial charge >= 0.3 is 0 Å². The summed E-state index contributed by atoms with van der Waals surface area (Å²) >= 11 is 0. The Balaban J connectivity index is 2.13. The van der Waals surface area contributed by atoms with Crippen molar-refractivity contribution in [1.29, 1.82) is 0 Å². The highest BCUT2D eigenvalue weighted by Crippen LogP contribution is 2.20. The molecular weight excluding hydrogens is 304 g/mol. The highest BCUT2D eigenvalue weighted by Gasteiger charge is 2.27. The summed E-state index contributed by atoms with van der Waals surface area (Å²) in [5, 5.41) is 0. The summed E-state index contributed by atoms with van der Waals surface area (Å²) in [6.07, 6.45) is 1.10. The first kappa shape index (κ1) is 16.8. The van der Waals surface area contributed by atoms with Crippen LogP contribution in [-0.4, -0.2) is 56.8 Å². The van der Waals surface area contributed by atoms with Crippen LogP contribution in [0.25, 0.3) is 0 Å². The Bertz CT molecular complexity index is 613. The van der Waals surface area contributed by atoms with Gasteiger partial charge in [0.15, 0.2) is 0 Å². The van der Waals surface area contributed by atoms with Gasteiger partial charge in [0.05, 0.1) is 12.0 Å². The molecule has 0 radical (unpaired) electrons. The lowest BCUT2D eigenvalue weighted by atomic mass is 10.3. The van der Waals surface area contributed by atoms with E-state index < -0.39 is 10.0 Å². The van der Waals surface area contributed by atoms with E-state index in [9.17, 15) is 13.2 Å². The number of ether oxygens (including phenoxy) is 1. The lowest BCUT2D eigenvalue weighted by Gasteiger charge is -2.21. The van der Waals surface area contributed by atoms with Crippen molar-refractivity contribution in [2.45, 2.75) is 24.7 Å². The molecule has 1 aliphatic heterocycles. The van der Waals surface area contributed by atoms with E-state index in [1.54, 1.807) is 29.2 Å². The van der Waals surface area contributed by atoms with Gasteiger partial charge in [-0.1, -0.05) is 6.92 Å². The number of methoxy groups -OCH3 is 1. The van der Waals surface area contributed by atoms with E-state index in [1.165, 1.54) is 11.4 Å². The summed E-state index contributed by atoms with van der Waals surface area (Å²) in [5.74, 6) is 0.693. The Kier molecular flexibility index (Phi) is 5.42. The van der Waals surface area contributed by atoms with Crippen LogP contribution in [0, 0.1) is 0 Å². The van der Waals surface area contributed by atoms with E-state index in [-0.39, 0.29) is 10.8 Å². The molecule has 2 rings (SSSR count). The normalized spacial score (nSPS) is 17.1. The predicted octanol–water partition coefficient (Wildman–Crippen LogP) is 1.33. The maximum atomic E-state index is 12.7. The Morgan fingerprint density at radius 2 is 1.82 bits per heavy atom. The van der Waals surface area contributed by atoms with E-state index in [2.05, 4.69) is 0 Å². The molecule has 1 aromatic rings. The number of carbonyl (C=O) groups excluding carboxylic acids is 1. The van der Waals surface area contributed by atoms with Crippen LogP contribution < -0.4 is 4.74 Å². The van der Waals surface area contributed by atoms with E-state index in [1.807, 2.05) is 6.92 Å². The number of amides is 1. The van der Waals surface area contributed by atoms with Crippen LogP contribution in [0.5, 0.6) is 5.75 Å². The van der Waals surface area contributed by atoms with Crippen molar-refractivity contribution < 1.29 is 17.9 Å². The largest absolute Gasteiger partial charge is 0.497 e. The molecule has 0 atom stereocenters. The second kappa shape index (κ2) is 7.11. The van der Waals surface area contributed by atoms with Gasteiger partial charge in [-0.05, 0) is 30.7 Å². The fraction of sp³-hybridized carbons (Fsp3) is 0.533. The van der Waals surface area contributed by atoms with Crippen molar-refractivity contribution in [3.63, 3.8) is 0 Å². The molecule has 7 heteroatoms. The van der Waals surface area contributed by atoms with Crippen LogP contribution in [0.2, 0.25) is 0 Å². The number of rotatable bonds is 4. The predicted molar refractivity (Wildman–Crippen MR) is 83.2 cm³/mol. The maximum Gasteiger partial charge on any atom is 0.243 e. The zero-order valence-corrected chi connectivity index (χ0v) is 13.8. The number of carbonyl (C=O) groups is 1. The van der Waals surface area contributed by atoms with Crippen molar-refractivity contribution in [1.82, 2.24) is 9.21 Å². The highest BCUT2D eigenvalue weighted by atomic mass is 32.2. The summed E-state index contributed by atoms with van der Waals surface area (Å²) in [7, 11) is -1.99. The zero-order valence-electron chi connectivity index (χ0n) is 13.0. The molecule has 22 heavy (non-hydrogen) atoms. The lowest BCUT2D eigenvalue weighted by Crippen LogP contribution is -2.37. The molecule has 0 unspecified atom stereocenters. The SMILES string of the molecule is CCC(=O)N1CCCN(S(=O)(=O)c2ccc(OC)cc2)CC1. The number of nitrogens with zero attached hydrogens (tertiary/aromatic N) is 2. The van der Waals surface area contributed by atoms with Gasteiger partial charge in [0.25, 0.3) is 0 Å². The van der Waals surface area contributed by atoms with Gasteiger partial charge in [0, 0.05) is 32.6 Å². The minimum absolute atomic E-state index is 0.0729. The number of hydrogen-bond donors (Lipinski definition) is 0. The summed E-state index contributed by atoms with van der Waals surface area (Å²) in [6, 6.07) is 6.37. The molecule has 0 aliphatic carbocycles. The van der Waals surface area contributed by atoms with Crippen LogP contribution in [0.4, 0.5) is 0 Å². The van der Waals surface area contributed by atoms with Gasteiger partial charge in [0.2, 0.25) is 15.9 Å². The number of sulfonamides is 1. The topological polar surface area (TPSA) is 66.9 Å². The third-order valence-corrected chi connectivity index (χ3v) is 5.72. The molecule has 0 N–H and O–H groups in total. The van der Waals surface area contributed by atoms with Gasteiger partial charge in [-0.3, -0.25) is 4.79 Å². The van der Waals surface area contributed by atoms with Gasteiger partial charge < -0.3 is 9.64 Å². The Morgan fingerprint density at radius 1 is 1.14 bits per heavy atom. The standard InChI is InChI=1S/C15H22N2O4S/c1-3-15(18)16-9-4-10-17(12-11-16)22(19,20)14-7-5-13(21-2)6-8-14/h5-8H,3-4,9-12H2,1-2H3. The van der Waals surface area contributed by atoms with E-state index in [0.717, 1.165) is 0 Å².